The molecule has 144 valence electrons. The second kappa shape index (κ2) is 8.32. The molecule has 27 heavy (non-hydrogen) atoms. The zero-order valence-corrected chi connectivity index (χ0v) is 17.1. The molecule has 2 aromatic carbocycles. The van der Waals surface area contributed by atoms with Crippen LogP contribution in [0.2, 0.25) is 5.02 Å². The van der Waals surface area contributed by atoms with E-state index in [2.05, 4.69) is 54.1 Å². The summed E-state index contributed by atoms with van der Waals surface area (Å²) in [7, 11) is 0. The predicted octanol–water partition coefficient (Wildman–Crippen LogP) is 4.40. The zero-order chi connectivity index (χ0) is 19.4. The molecule has 1 saturated heterocycles. The first-order valence-electron chi connectivity index (χ1n) is 9.44. The number of anilines is 2. The summed E-state index contributed by atoms with van der Waals surface area (Å²) in [5.74, 6) is 0.0368. The minimum absolute atomic E-state index is 0.0368. The lowest BCUT2D eigenvalue weighted by Crippen LogP contribution is -2.48. The molecule has 0 bridgehead atoms. The van der Waals surface area contributed by atoms with Crippen LogP contribution >= 0.6 is 11.6 Å². The van der Waals surface area contributed by atoms with Crippen molar-refractivity contribution in [2.45, 2.75) is 26.2 Å². The third kappa shape index (κ3) is 5.47. The minimum atomic E-state index is 0.0368. The molecule has 1 amide bonds. The number of nitrogens with one attached hydrogen (secondary N) is 1. The third-order valence-electron chi connectivity index (χ3n) is 4.95. The van der Waals surface area contributed by atoms with Gasteiger partial charge in [-0.05, 0) is 41.3 Å². The van der Waals surface area contributed by atoms with Gasteiger partial charge in [-0.1, -0.05) is 50.6 Å². The van der Waals surface area contributed by atoms with Gasteiger partial charge in [-0.25, -0.2) is 0 Å². The Hall–Kier alpha value is -2.04. The van der Waals surface area contributed by atoms with Crippen molar-refractivity contribution in [2.75, 3.05) is 42.9 Å². The first-order valence-corrected chi connectivity index (χ1v) is 9.82. The summed E-state index contributed by atoms with van der Waals surface area (Å²) in [5.41, 5.74) is 3.37. The van der Waals surface area contributed by atoms with Crippen molar-refractivity contribution in [3.63, 3.8) is 0 Å². The van der Waals surface area contributed by atoms with E-state index in [0.717, 1.165) is 42.6 Å². The molecule has 0 aromatic heterocycles. The normalized spacial score (nSPS) is 15.6. The number of halogens is 1. The molecule has 1 heterocycles. The Labute approximate surface area is 167 Å². The van der Waals surface area contributed by atoms with Gasteiger partial charge in [0.05, 0.1) is 6.54 Å². The van der Waals surface area contributed by atoms with Crippen LogP contribution in [0.15, 0.2) is 48.5 Å². The molecule has 0 aliphatic carbocycles. The van der Waals surface area contributed by atoms with E-state index in [1.165, 1.54) is 5.56 Å². The maximum atomic E-state index is 12.4. The fraction of sp³-hybridized carbons (Fsp3) is 0.409. The fourth-order valence-corrected chi connectivity index (χ4v) is 3.48. The van der Waals surface area contributed by atoms with Gasteiger partial charge in [-0.15, -0.1) is 0 Å². The molecular weight excluding hydrogens is 358 g/mol. The molecule has 0 unspecified atom stereocenters. The lowest BCUT2D eigenvalue weighted by atomic mass is 9.87. The smallest absolute Gasteiger partial charge is 0.238 e. The van der Waals surface area contributed by atoms with Gasteiger partial charge in [-0.3, -0.25) is 9.69 Å². The number of nitrogens with zero attached hydrogens (tertiary/aromatic N) is 2. The molecule has 1 aliphatic rings. The van der Waals surface area contributed by atoms with Crippen LogP contribution in [-0.2, 0) is 10.2 Å². The lowest BCUT2D eigenvalue weighted by Gasteiger charge is -2.35. The maximum Gasteiger partial charge on any atom is 0.238 e. The van der Waals surface area contributed by atoms with Crippen LogP contribution in [0.3, 0.4) is 0 Å². The highest BCUT2D eigenvalue weighted by Crippen LogP contribution is 2.24. The van der Waals surface area contributed by atoms with Crippen LogP contribution in [0.4, 0.5) is 11.4 Å². The second-order valence-corrected chi connectivity index (χ2v) is 8.56. The quantitative estimate of drug-likeness (QED) is 0.847. The highest BCUT2D eigenvalue weighted by molar-refractivity contribution is 6.30. The summed E-state index contributed by atoms with van der Waals surface area (Å²) >= 11 is 6.08. The first-order chi connectivity index (χ1) is 12.8. The molecule has 2 aromatic rings. The molecule has 3 rings (SSSR count). The Kier molecular flexibility index (Phi) is 6.08. The standard InChI is InChI=1S/C22H28ClN3O/c1-22(2,3)17-7-9-19(10-8-17)24-21(27)16-25-11-13-26(14-12-25)20-6-4-5-18(23)15-20/h4-10,15H,11-14,16H2,1-3H3,(H,24,27). The Balaban J connectivity index is 1.48. The van der Waals surface area contributed by atoms with Crippen molar-refractivity contribution in [2.24, 2.45) is 0 Å². The number of hydrogen-bond donors (Lipinski definition) is 1. The summed E-state index contributed by atoms with van der Waals surface area (Å²) in [6.45, 7) is 10.5. The SMILES string of the molecule is CC(C)(C)c1ccc(NC(=O)CN2CCN(c3cccc(Cl)c3)CC2)cc1. The number of carbonyl (C=O) groups excluding carboxylic acids is 1. The number of amides is 1. The highest BCUT2D eigenvalue weighted by Gasteiger charge is 2.19. The van der Waals surface area contributed by atoms with Gasteiger partial charge in [0, 0.05) is 42.6 Å². The molecular formula is C22H28ClN3O. The van der Waals surface area contributed by atoms with E-state index in [1.807, 2.05) is 30.3 Å². The third-order valence-corrected chi connectivity index (χ3v) is 5.18. The molecule has 0 spiro atoms. The van der Waals surface area contributed by atoms with E-state index in [0.29, 0.717) is 6.54 Å². The molecule has 1 fully saturated rings. The highest BCUT2D eigenvalue weighted by atomic mass is 35.5. The van der Waals surface area contributed by atoms with Crippen molar-refractivity contribution in [1.29, 1.82) is 0 Å². The fourth-order valence-electron chi connectivity index (χ4n) is 3.29. The Morgan fingerprint density at radius 3 is 2.30 bits per heavy atom. The van der Waals surface area contributed by atoms with Gasteiger partial charge in [0.25, 0.3) is 0 Å². The van der Waals surface area contributed by atoms with Crippen molar-refractivity contribution in [1.82, 2.24) is 4.90 Å². The molecule has 5 heteroatoms. The summed E-state index contributed by atoms with van der Waals surface area (Å²) in [6, 6.07) is 16.1. The Bertz CT molecular complexity index is 775. The van der Waals surface area contributed by atoms with Crippen LogP contribution in [0.25, 0.3) is 0 Å². The summed E-state index contributed by atoms with van der Waals surface area (Å²) < 4.78 is 0. The molecule has 0 atom stereocenters. The van der Waals surface area contributed by atoms with Gasteiger partial charge in [0.1, 0.15) is 0 Å². The first kappa shape index (κ1) is 19.7. The van der Waals surface area contributed by atoms with Crippen LogP contribution in [0.5, 0.6) is 0 Å². The monoisotopic (exact) mass is 385 g/mol. The molecule has 1 N–H and O–H groups in total. The number of hydrogen-bond acceptors (Lipinski definition) is 3. The van der Waals surface area contributed by atoms with Crippen molar-refractivity contribution < 1.29 is 4.79 Å². The summed E-state index contributed by atoms with van der Waals surface area (Å²) in [4.78, 5) is 16.9. The Morgan fingerprint density at radius 1 is 1.04 bits per heavy atom. The molecule has 4 nitrogen and oxygen atoms in total. The van der Waals surface area contributed by atoms with E-state index in [-0.39, 0.29) is 11.3 Å². The van der Waals surface area contributed by atoms with E-state index >= 15 is 0 Å². The average molecular weight is 386 g/mol. The summed E-state index contributed by atoms with van der Waals surface area (Å²) in [5, 5.41) is 3.76. The van der Waals surface area contributed by atoms with Crippen molar-refractivity contribution in [3.8, 4) is 0 Å². The predicted molar refractivity (Wildman–Crippen MR) is 114 cm³/mol. The van der Waals surface area contributed by atoms with E-state index < -0.39 is 0 Å². The number of carbonyl (C=O) groups is 1. The number of piperazine rings is 1. The van der Waals surface area contributed by atoms with Crippen LogP contribution in [0, 0.1) is 0 Å². The molecule has 0 radical (unpaired) electrons. The van der Waals surface area contributed by atoms with Gasteiger partial charge in [0.2, 0.25) is 5.91 Å². The topological polar surface area (TPSA) is 35.6 Å². The molecule has 1 aliphatic heterocycles. The van der Waals surface area contributed by atoms with E-state index in [9.17, 15) is 4.79 Å². The molecule has 0 saturated carbocycles. The Morgan fingerprint density at radius 2 is 1.70 bits per heavy atom. The number of rotatable bonds is 4. The second-order valence-electron chi connectivity index (χ2n) is 8.12. The summed E-state index contributed by atoms with van der Waals surface area (Å²) in [6.07, 6.45) is 0. The van der Waals surface area contributed by atoms with Crippen LogP contribution < -0.4 is 10.2 Å². The van der Waals surface area contributed by atoms with Crippen LogP contribution in [-0.4, -0.2) is 43.5 Å². The zero-order valence-electron chi connectivity index (χ0n) is 16.3. The lowest BCUT2D eigenvalue weighted by molar-refractivity contribution is -0.117. The van der Waals surface area contributed by atoms with E-state index in [4.69, 9.17) is 11.6 Å². The van der Waals surface area contributed by atoms with Gasteiger partial charge in [0.15, 0.2) is 0 Å². The van der Waals surface area contributed by atoms with Crippen LogP contribution in [0.1, 0.15) is 26.3 Å². The average Bonchev–Trinajstić information content (AvgIpc) is 2.62. The van der Waals surface area contributed by atoms with Crippen molar-refractivity contribution in [3.05, 3.63) is 59.1 Å². The number of benzene rings is 2. The van der Waals surface area contributed by atoms with Gasteiger partial charge < -0.3 is 10.2 Å². The van der Waals surface area contributed by atoms with Gasteiger partial charge >= 0.3 is 0 Å². The minimum Gasteiger partial charge on any atom is -0.369 e. The van der Waals surface area contributed by atoms with E-state index in [1.54, 1.807) is 0 Å². The van der Waals surface area contributed by atoms with Gasteiger partial charge in [-0.2, -0.15) is 0 Å². The maximum absolute atomic E-state index is 12.4. The van der Waals surface area contributed by atoms with Crippen molar-refractivity contribution >= 4 is 28.9 Å². The largest absolute Gasteiger partial charge is 0.369 e.